The summed E-state index contributed by atoms with van der Waals surface area (Å²) < 4.78 is 0. The van der Waals surface area contributed by atoms with Crippen molar-refractivity contribution in [1.29, 1.82) is 0 Å². The third-order valence-corrected chi connectivity index (χ3v) is 13.3. The van der Waals surface area contributed by atoms with Crippen LogP contribution >= 0.6 is 0 Å². The molecule has 9 aromatic carbocycles. The molecule has 0 spiro atoms. The van der Waals surface area contributed by atoms with Crippen molar-refractivity contribution in [3.8, 4) is 11.1 Å². The lowest BCUT2D eigenvalue weighted by atomic mass is 9.91. The molecule has 0 aromatic heterocycles. The molecule has 3 aliphatic rings. The van der Waals surface area contributed by atoms with E-state index in [1.54, 1.807) is 5.57 Å². The molecule has 12 rings (SSSR count). The van der Waals surface area contributed by atoms with Crippen molar-refractivity contribution in [1.82, 2.24) is 0 Å². The summed E-state index contributed by atoms with van der Waals surface area (Å²) in [6, 6.07) is 66.0. The molecule has 2 nitrogen and oxygen atoms in total. The summed E-state index contributed by atoms with van der Waals surface area (Å²) in [5.41, 5.74) is 21.2. The van der Waals surface area contributed by atoms with Gasteiger partial charge in [0.25, 0.3) is 0 Å². The second-order valence-electron chi connectivity index (χ2n) is 17.0. The van der Waals surface area contributed by atoms with Crippen molar-refractivity contribution in [2.24, 2.45) is 0 Å². The lowest BCUT2D eigenvalue weighted by Crippen LogP contribution is -2.19. The summed E-state index contributed by atoms with van der Waals surface area (Å²) >= 11 is 0. The third kappa shape index (κ3) is 5.55. The molecule has 2 heteroatoms. The Morgan fingerprint density at radius 3 is 1.50 bits per heavy atom. The van der Waals surface area contributed by atoms with Gasteiger partial charge < -0.3 is 9.80 Å². The van der Waals surface area contributed by atoms with E-state index >= 15 is 0 Å². The van der Waals surface area contributed by atoms with Gasteiger partial charge in [-0.1, -0.05) is 144 Å². The van der Waals surface area contributed by atoms with Gasteiger partial charge in [-0.3, -0.25) is 0 Å². The van der Waals surface area contributed by atoms with E-state index in [0.717, 1.165) is 37.1 Å². The van der Waals surface area contributed by atoms with Crippen molar-refractivity contribution < 1.29 is 0 Å². The number of rotatable bonds is 6. The van der Waals surface area contributed by atoms with Gasteiger partial charge in [-0.25, -0.2) is 0 Å². The lowest BCUT2D eigenvalue weighted by molar-refractivity contribution is 0.864. The smallest absolute Gasteiger partial charge is 0.0546 e. The van der Waals surface area contributed by atoms with Crippen LogP contribution in [-0.2, 0) is 12.8 Å². The Balaban J connectivity index is 1.10. The summed E-state index contributed by atoms with van der Waals surface area (Å²) in [6.07, 6.45) is 6.60. The topological polar surface area (TPSA) is 6.48 Å². The average molecular weight is 769 g/mol. The molecule has 60 heavy (non-hydrogen) atoms. The second-order valence-corrected chi connectivity index (χ2v) is 17.0. The molecule has 286 valence electrons. The molecule has 0 fully saturated rings. The van der Waals surface area contributed by atoms with Crippen LogP contribution in [0.5, 0.6) is 0 Å². The van der Waals surface area contributed by atoms with Gasteiger partial charge in [-0.15, -0.1) is 0 Å². The van der Waals surface area contributed by atoms with E-state index in [1.807, 2.05) is 0 Å². The number of hydrogen-bond donors (Lipinski definition) is 0. The zero-order chi connectivity index (χ0) is 39.9. The quantitative estimate of drug-likeness (QED) is 0.155. The fraction of sp³-hybridized carbons (Fsp3) is 0.103. The van der Waals surface area contributed by atoms with Crippen LogP contribution in [0.3, 0.4) is 0 Å². The van der Waals surface area contributed by atoms with Gasteiger partial charge in [0.2, 0.25) is 0 Å². The van der Waals surface area contributed by atoms with Crippen LogP contribution in [0.4, 0.5) is 28.4 Å². The van der Waals surface area contributed by atoms with Crippen molar-refractivity contribution >= 4 is 66.3 Å². The summed E-state index contributed by atoms with van der Waals surface area (Å²) in [6.45, 7) is 4.41. The Kier molecular flexibility index (Phi) is 7.96. The summed E-state index contributed by atoms with van der Waals surface area (Å²) in [7, 11) is 0. The van der Waals surface area contributed by atoms with Crippen LogP contribution in [0.1, 0.15) is 46.2 Å². The molecule has 0 saturated heterocycles. The predicted octanol–water partition coefficient (Wildman–Crippen LogP) is 15.6. The molecule has 9 aromatic rings. The van der Waals surface area contributed by atoms with Gasteiger partial charge in [-0.05, 0) is 155 Å². The van der Waals surface area contributed by atoms with E-state index in [2.05, 4.69) is 206 Å². The number of allylic oxidation sites excluding steroid dienone is 4. The van der Waals surface area contributed by atoms with Crippen LogP contribution in [-0.4, -0.2) is 0 Å². The number of fused-ring (bicyclic) bond motifs is 10. The number of anilines is 5. The maximum atomic E-state index is 2.56. The number of para-hydroxylation sites is 2. The maximum absolute atomic E-state index is 2.56. The lowest BCUT2D eigenvalue weighted by Gasteiger charge is -2.32. The van der Waals surface area contributed by atoms with E-state index in [1.165, 1.54) is 105 Å². The van der Waals surface area contributed by atoms with Gasteiger partial charge in [0.05, 0.1) is 11.4 Å². The van der Waals surface area contributed by atoms with Crippen molar-refractivity contribution in [2.75, 3.05) is 9.80 Å². The fourth-order valence-corrected chi connectivity index (χ4v) is 10.4. The van der Waals surface area contributed by atoms with Gasteiger partial charge in [0.15, 0.2) is 0 Å². The molecule has 0 unspecified atom stereocenters. The highest BCUT2D eigenvalue weighted by atomic mass is 15.2. The summed E-state index contributed by atoms with van der Waals surface area (Å²) in [5, 5.41) is 7.48. The molecule has 0 N–H and O–H groups in total. The Morgan fingerprint density at radius 2 is 0.867 bits per heavy atom. The van der Waals surface area contributed by atoms with Crippen molar-refractivity contribution in [3.63, 3.8) is 0 Å². The highest BCUT2D eigenvalue weighted by Gasteiger charge is 2.29. The first kappa shape index (κ1) is 34.8. The Hall–Kier alpha value is -7.16. The highest BCUT2D eigenvalue weighted by Crippen LogP contribution is 2.50. The SMILES string of the molecule is Cc1ccc2c(c1)C1=C(CCC(N(c3ccccc3)c3cc4c5ccccc5c(N(c5ccccc5)c5ccc6c(c5)-c5cc(C)ccc5C6)cc4c4ccccc34)=C1)C2. The van der Waals surface area contributed by atoms with Crippen LogP contribution in [0, 0.1) is 13.8 Å². The molecular formula is C58H44N2. The van der Waals surface area contributed by atoms with Gasteiger partial charge in [0.1, 0.15) is 0 Å². The van der Waals surface area contributed by atoms with Crippen LogP contribution < -0.4 is 9.80 Å². The largest absolute Gasteiger partial charge is 0.314 e. The van der Waals surface area contributed by atoms with E-state index in [9.17, 15) is 0 Å². The van der Waals surface area contributed by atoms with Crippen LogP contribution in [0.15, 0.2) is 193 Å². The summed E-state index contributed by atoms with van der Waals surface area (Å²) in [4.78, 5) is 5.04. The first-order chi connectivity index (χ1) is 29.6. The molecule has 0 amide bonds. The normalized spacial score (nSPS) is 13.9. The first-order valence-corrected chi connectivity index (χ1v) is 21.4. The van der Waals surface area contributed by atoms with E-state index in [-0.39, 0.29) is 0 Å². The summed E-state index contributed by atoms with van der Waals surface area (Å²) in [5.74, 6) is 0. The number of benzene rings is 9. The zero-order valence-corrected chi connectivity index (χ0v) is 34.0. The minimum absolute atomic E-state index is 0.979. The van der Waals surface area contributed by atoms with Crippen molar-refractivity contribution in [3.05, 3.63) is 227 Å². The molecule has 0 aliphatic heterocycles. The van der Waals surface area contributed by atoms with Crippen LogP contribution in [0.25, 0.3) is 49.0 Å². The maximum Gasteiger partial charge on any atom is 0.0546 e. The standard InChI is InChI=1S/C58H44N2/c1-37-21-23-39-31-41-25-27-45(33-53(41)51(39)29-37)59(43-13-5-3-6-14-43)57-35-55-48-18-10-12-20-50(48)58(36-56(55)47-17-9-11-19-49(47)57)60(44-15-7-4-8-16-44)46-28-26-42-32-40-24-22-38(2)30-52(40)54(42)34-46/h3-25,27,29-30,33-36H,26,28,31-32H2,1-2H3. The molecule has 0 heterocycles. The highest BCUT2D eigenvalue weighted by molar-refractivity contribution is 6.24. The van der Waals surface area contributed by atoms with Gasteiger partial charge in [0, 0.05) is 33.5 Å². The molecule has 0 bridgehead atoms. The van der Waals surface area contributed by atoms with Gasteiger partial charge >= 0.3 is 0 Å². The zero-order valence-electron chi connectivity index (χ0n) is 34.0. The number of hydrogen-bond acceptors (Lipinski definition) is 2. The Labute approximate surface area is 352 Å². The average Bonchev–Trinajstić information content (AvgIpc) is 3.84. The Morgan fingerprint density at radius 1 is 0.367 bits per heavy atom. The third-order valence-electron chi connectivity index (χ3n) is 13.3. The number of nitrogens with zero attached hydrogens (tertiary/aromatic N) is 2. The Bertz CT molecular complexity index is 3280. The van der Waals surface area contributed by atoms with E-state index in [4.69, 9.17) is 0 Å². The minimum Gasteiger partial charge on any atom is -0.314 e. The fourth-order valence-electron chi connectivity index (χ4n) is 10.4. The van der Waals surface area contributed by atoms with Crippen LogP contribution in [0.2, 0.25) is 0 Å². The minimum atomic E-state index is 0.979. The monoisotopic (exact) mass is 768 g/mol. The van der Waals surface area contributed by atoms with E-state index < -0.39 is 0 Å². The van der Waals surface area contributed by atoms with Gasteiger partial charge in [-0.2, -0.15) is 0 Å². The van der Waals surface area contributed by atoms with Crippen molar-refractivity contribution in [2.45, 2.75) is 39.5 Å². The first-order valence-electron chi connectivity index (χ1n) is 21.4. The number of aryl methyl sites for hydroxylation is 2. The molecule has 0 saturated carbocycles. The molecular weight excluding hydrogens is 725 g/mol. The molecule has 3 aliphatic carbocycles. The predicted molar refractivity (Wildman–Crippen MR) is 254 cm³/mol. The molecule has 0 radical (unpaired) electrons. The molecule has 0 atom stereocenters. The second kappa shape index (κ2) is 13.7. The van der Waals surface area contributed by atoms with E-state index in [0.29, 0.717) is 0 Å².